The topological polar surface area (TPSA) is 49.4 Å². The second kappa shape index (κ2) is 12.3. The van der Waals surface area contributed by atoms with Crippen molar-refractivity contribution in [2.45, 2.75) is 58.0 Å². The normalized spacial score (nSPS) is 12.8. The summed E-state index contributed by atoms with van der Waals surface area (Å²) >= 11 is 1.74. The van der Waals surface area contributed by atoms with Crippen molar-refractivity contribution in [3.8, 4) is 0 Å². The lowest BCUT2D eigenvalue weighted by atomic mass is 10.1. The van der Waals surface area contributed by atoms with Crippen LogP contribution < -0.4 is 5.32 Å². The lowest BCUT2D eigenvalue weighted by Crippen LogP contribution is -2.49. The number of hydrogen-bond donors (Lipinski definition) is 1. The molecule has 1 N–H and O–H groups in total. The highest BCUT2D eigenvalue weighted by atomic mass is 32.2. The molecule has 2 aromatic carbocycles. The predicted octanol–water partition coefficient (Wildman–Crippen LogP) is 4.64. The number of thioether (sulfide) groups is 1. The van der Waals surface area contributed by atoms with Crippen LogP contribution in [0.4, 0.5) is 0 Å². The van der Waals surface area contributed by atoms with E-state index >= 15 is 0 Å². The maximum absolute atomic E-state index is 13.0. The fourth-order valence-electron chi connectivity index (χ4n) is 2.90. The third-order valence-corrected chi connectivity index (χ3v) is 5.97. The number of nitrogens with zero attached hydrogens (tertiary/aromatic N) is 1. The Morgan fingerprint density at radius 3 is 2.14 bits per heavy atom. The minimum absolute atomic E-state index is 0.0150. The van der Waals surface area contributed by atoms with Crippen LogP contribution in [-0.4, -0.2) is 34.6 Å². The number of carbonyl (C=O) groups excluding carboxylic acids is 2. The Bertz CT molecular complexity index is 752. The van der Waals surface area contributed by atoms with Gasteiger partial charge in [0.15, 0.2) is 0 Å². The molecule has 5 heteroatoms. The van der Waals surface area contributed by atoms with Gasteiger partial charge in [-0.05, 0) is 31.4 Å². The monoisotopic (exact) mass is 412 g/mol. The number of benzene rings is 2. The molecular weight excluding hydrogens is 380 g/mol. The summed E-state index contributed by atoms with van der Waals surface area (Å²) in [6.45, 7) is 6.27. The first-order valence-electron chi connectivity index (χ1n) is 10.3. The van der Waals surface area contributed by atoms with Gasteiger partial charge < -0.3 is 10.2 Å². The molecule has 2 rings (SSSR count). The molecule has 29 heavy (non-hydrogen) atoms. The van der Waals surface area contributed by atoms with Crippen molar-refractivity contribution in [2.24, 2.45) is 0 Å². The first kappa shape index (κ1) is 23.0. The zero-order valence-corrected chi connectivity index (χ0v) is 18.5. The highest BCUT2D eigenvalue weighted by Crippen LogP contribution is 2.16. The quantitative estimate of drug-likeness (QED) is 0.547. The third kappa shape index (κ3) is 7.94. The standard InChI is InChI=1S/C24H32N2O2S/c1-4-19(2)25-24(28)20(3)26(17-21-11-7-5-8-12-21)23(27)15-16-29-18-22-13-9-6-10-14-22/h5-14,19-20H,4,15-18H2,1-3H3,(H,25,28)/t19-,20-/m1/s1. The van der Waals surface area contributed by atoms with Crippen molar-refractivity contribution in [1.29, 1.82) is 0 Å². The van der Waals surface area contributed by atoms with E-state index in [1.807, 2.05) is 69.3 Å². The van der Waals surface area contributed by atoms with E-state index < -0.39 is 6.04 Å². The van der Waals surface area contributed by atoms with Crippen LogP contribution in [-0.2, 0) is 21.9 Å². The van der Waals surface area contributed by atoms with Gasteiger partial charge in [0.2, 0.25) is 11.8 Å². The Kier molecular flexibility index (Phi) is 9.78. The molecule has 0 heterocycles. The molecule has 0 fully saturated rings. The van der Waals surface area contributed by atoms with E-state index in [0.29, 0.717) is 13.0 Å². The maximum atomic E-state index is 13.0. The molecule has 0 saturated heterocycles. The summed E-state index contributed by atoms with van der Waals surface area (Å²) in [5.74, 6) is 1.54. The Balaban J connectivity index is 1.97. The molecule has 0 bridgehead atoms. The summed E-state index contributed by atoms with van der Waals surface area (Å²) in [6, 6.07) is 19.7. The van der Waals surface area contributed by atoms with Crippen molar-refractivity contribution in [3.63, 3.8) is 0 Å². The van der Waals surface area contributed by atoms with Gasteiger partial charge in [-0.25, -0.2) is 0 Å². The summed E-state index contributed by atoms with van der Waals surface area (Å²) in [5, 5.41) is 3.00. The van der Waals surface area contributed by atoms with E-state index in [-0.39, 0.29) is 17.9 Å². The van der Waals surface area contributed by atoms with Gasteiger partial charge in [0.1, 0.15) is 6.04 Å². The first-order chi connectivity index (χ1) is 14.0. The third-order valence-electron chi connectivity index (χ3n) is 4.94. The van der Waals surface area contributed by atoms with Gasteiger partial charge >= 0.3 is 0 Å². The largest absolute Gasteiger partial charge is 0.352 e. The van der Waals surface area contributed by atoms with Gasteiger partial charge in [-0.3, -0.25) is 9.59 Å². The Labute approximate surface area is 179 Å². The second-order valence-electron chi connectivity index (χ2n) is 7.29. The van der Waals surface area contributed by atoms with Gasteiger partial charge in [0.05, 0.1) is 0 Å². The van der Waals surface area contributed by atoms with Crippen molar-refractivity contribution < 1.29 is 9.59 Å². The van der Waals surface area contributed by atoms with E-state index in [0.717, 1.165) is 23.5 Å². The van der Waals surface area contributed by atoms with Crippen LogP contribution in [0.3, 0.4) is 0 Å². The van der Waals surface area contributed by atoms with Gasteiger partial charge in [0, 0.05) is 30.5 Å². The molecule has 0 aromatic heterocycles. The van der Waals surface area contributed by atoms with Gasteiger partial charge in [0.25, 0.3) is 0 Å². The highest BCUT2D eigenvalue weighted by molar-refractivity contribution is 7.98. The molecular formula is C24H32N2O2S. The minimum atomic E-state index is -0.504. The van der Waals surface area contributed by atoms with Crippen LogP contribution in [0.15, 0.2) is 60.7 Å². The van der Waals surface area contributed by atoms with Crippen molar-refractivity contribution in [3.05, 3.63) is 71.8 Å². The summed E-state index contributed by atoms with van der Waals surface area (Å²) < 4.78 is 0. The first-order valence-corrected chi connectivity index (χ1v) is 11.4. The summed E-state index contributed by atoms with van der Waals surface area (Å²) in [4.78, 5) is 27.4. The smallest absolute Gasteiger partial charge is 0.242 e. The number of nitrogens with one attached hydrogen (secondary N) is 1. The second-order valence-corrected chi connectivity index (χ2v) is 8.39. The Morgan fingerprint density at radius 1 is 0.966 bits per heavy atom. The molecule has 0 aliphatic rings. The van der Waals surface area contributed by atoms with E-state index in [2.05, 4.69) is 17.4 Å². The summed E-state index contributed by atoms with van der Waals surface area (Å²) in [6.07, 6.45) is 1.28. The molecule has 0 spiro atoms. The Morgan fingerprint density at radius 2 is 1.55 bits per heavy atom. The molecule has 156 valence electrons. The molecule has 4 nitrogen and oxygen atoms in total. The molecule has 0 aliphatic carbocycles. The fraction of sp³-hybridized carbons (Fsp3) is 0.417. The molecule has 0 radical (unpaired) electrons. The highest BCUT2D eigenvalue weighted by Gasteiger charge is 2.26. The zero-order chi connectivity index (χ0) is 21.1. The molecule has 0 unspecified atom stereocenters. The SMILES string of the molecule is CC[C@@H](C)NC(=O)[C@@H](C)N(Cc1ccccc1)C(=O)CCSCc1ccccc1. The minimum Gasteiger partial charge on any atom is -0.352 e. The molecule has 2 atom stereocenters. The van der Waals surface area contributed by atoms with E-state index in [1.54, 1.807) is 16.7 Å². The van der Waals surface area contributed by atoms with Crippen LogP contribution in [0.2, 0.25) is 0 Å². The van der Waals surface area contributed by atoms with E-state index in [9.17, 15) is 9.59 Å². The maximum Gasteiger partial charge on any atom is 0.242 e. The lowest BCUT2D eigenvalue weighted by molar-refractivity contribution is -0.140. The average Bonchev–Trinajstić information content (AvgIpc) is 2.75. The fourth-order valence-corrected chi connectivity index (χ4v) is 3.79. The number of hydrogen-bond acceptors (Lipinski definition) is 3. The van der Waals surface area contributed by atoms with E-state index in [1.165, 1.54) is 5.56 Å². The predicted molar refractivity (Wildman–Crippen MR) is 122 cm³/mol. The van der Waals surface area contributed by atoms with Crippen LogP contribution >= 0.6 is 11.8 Å². The van der Waals surface area contributed by atoms with Crippen molar-refractivity contribution >= 4 is 23.6 Å². The van der Waals surface area contributed by atoms with Crippen LogP contribution in [0.5, 0.6) is 0 Å². The molecule has 2 aromatic rings. The summed E-state index contributed by atoms with van der Waals surface area (Å²) in [7, 11) is 0. The average molecular weight is 413 g/mol. The molecule has 0 aliphatic heterocycles. The number of amides is 2. The molecule has 0 saturated carbocycles. The van der Waals surface area contributed by atoms with Gasteiger partial charge in [-0.15, -0.1) is 0 Å². The lowest BCUT2D eigenvalue weighted by Gasteiger charge is -2.29. The van der Waals surface area contributed by atoms with Gasteiger partial charge in [-0.2, -0.15) is 11.8 Å². The van der Waals surface area contributed by atoms with E-state index in [4.69, 9.17) is 0 Å². The van der Waals surface area contributed by atoms with Crippen molar-refractivity contribution in [1.82, 2.24) is 10.2 Å². The van der Waals surface area contributed by atoms with Gasteiger partial charge in [-0.1, -0.05) is 67.6 Å². The van der Waals surface area contributed by atoms with Crippen LogP contribution in [0, 0.1) is 0 Å². The Hall–Kier alpha value is -2.27. The zero-order valence-electron chi connectivity index (χ0n) is 17.6. The van der Waals surface area contributed by atoms with Crippen LogP contribution in [0.1, 0.15) is 44.7 Å². The van der Waals surface area contributed by atoms with Crippen molar-refractivity contribution in [2.75, 3.05) is 5.75 Å². The number of rotatable bonds is 11. The summed E-state index contributed by atoms with van der Waals surface area (Å²) in [5.41, 5.74) is 2.29. The van der Waals surface area contributed by atoms with Crippen LogP contribution in [0.25, 0.3) is 0 Å². The molecule has 2 amide bonds. The number of carbonyl (C=O) groups is 2.